The van der Waals surface area contributed by atoms with Crippen molar-refractivity contribution < 1.29 is 14.6 Å². The summed E-state index contributed by atoms with van der Waals surface area (Å²) in [5.41, 5.74) is 4.85. The molecule has 6 nitrogen and oxygen atoms in total. The van der Waals surface area contributed by atoms with Gasteiger partial charge in [-0.1, -0.05) is 17.7 Å². The molecule has 0 saturated heterocycles. The third-order valence-corrected chi connectivity index (χ3v) is 4.03. The number of benzene rings is 2. The summed E-state index contributed by atoms with van der Waals surface area (Å²) in [6.07, 6.45) is 0. The third kappa shape index (κ3) is 4.32. The van der Waals surface area contributed by atoms with E-state index in [-0.39, 0.29) is 12.5 Å². The lowest BCUT2D eigenvalue weighted by Gasteiger charge is -2.09. The molecule has 1 aliphatic rings. The summed E-state index contributed by atoms with van der Waals surface area (Å²) in [6.45, 7) is 2.51. The van der Waals surface area contributed by atoms with Crippen molar-refractivity contribution in [3.63, 3.8) is 0 Å². The molecular weight excluding hydrogens is 362 g/mol. The number of aromatic hydroxyl groups is 1. The van der Waals surface area contributed by atoms with Crippen molar-refractivity contribution in [2.24, 2.45) is 5.10 Å². The van der Waals surface area contributed by atoms with E-state index in [2.05, 4.69) is 15.8 Å². The Morgan fingerprint density at radius 2 is 2.04 bits per heavy atom. The summed E-state index contributed by atoms with van der Waals surface area (Å²) in [5, 5.41) is 18.0. The quantitative estimate of drug-likeness (QED) is 0.432. The summed E-state index contributed by atoms with van der Waals surface area (Å²) in [5.74, 6) is 1.57. The maximum Gasteiger partial charge on any atom is 0.231 e. The van der Waals surface area contributed by atoms with Gasteiger partial charge >= 0.3 is 0 Å². The first-order valence-electron chi connectivity index (χ1n) is 7.48. The third-order valence-electron chi connectivity index (χ3n) is 3.56. The Morgan fingerprint density at radius 1 is 1.24 bits per heavy atom. The second kappa shape index (κ2) is 7.58. The monoisotopic (exact) mass is 377 g/mol. The summed E-state index contributed by atoms with van der Waals surface area (Å²) < 4.78 is 10.6. The molecule has 0 spiro atoms. The first-order valence-corrected chi connectivity index (χ1v) is 8.27. The Labute approximate surface area is 155 Å². The molecule has 130 valence electrons. The Kier molecular flexibility index (Phi) is 5.25. The maximum atomic E-state index is 9.86. The van der Waals surface area contributed by atoms with Crippen molar-refractivity contribution in [3.8, 4) is 17.2 Å². The standard InChI is InChI=1S/C17H16ClN3O3S/c1-10(13-7-12(18)3-4-14(13)22)20-21-17(25)19-8-11-2-5-15-16(6-11)24-9-23-15/h2-7,22H,8-9H2,1H3,(H2,19,21,25)/b20-10+. The summed E-state index contributed by atoms with van der Waals surface area (Å²) in [4.78, 5) is 0. The molecule has 0 saturated carbocycles. The molecule has 0 atom stereocenters. The number of nitrogens with one attached hydrogen (secondary N) is 2. The zero-order valence-electron chi connectivity index (χ0n) is 13.4. The number of hydrogen-bond acceptors (Lipinski definition) is 5. The molecule has 0 radical (unpaired) electrons. The van der Waals surface area contributed by atoms with Crippen LogP contribution in [0.15, 0.2) is 41.5 Å². The van der Waals surface area contributed by atoms with Crippen molar-refractivity contribution in [1.82, 2.24) is 10.7 Å². The highest BCUT2D eigenvalue weighted by atomic mass is 35.5. The largest absolute Gasteiger partial charge is 0.507 e. The van der Waals surface area contributed by atoms with E-state index in [4.69, 9.17) is 33.3 Å². The van der Waals surface area contributed by atoms with E-state index in [9.17, 15) is 5.11 Å². The van der Waals surface area contributed by atoms with Crippen molar-refractivity contribution >= 4 is 34.6 Å². The first-order chi connectivity index (χ1) is 12.0. The fourth-order valence-corrected chi connectivity index (χ4v) is 2.56. The highest BCUT2D eigenvalue weighted by Crippen LogP contribution is 2.32. The Balaban J connectivity index is 1.56. The van der Waals surface area contributed by atoms with Gasteiger partial charge in [0, 0.05) is 17.1 Å². The van der Waals surface area contributed by atoms with Crippen molar-refractivity contribution in [2.75, 3.05) is 6.79 Å². The van der Waals surface area contributed by atoms with Gasteiger partial charge in [-0.2, -0.15) is 5.10 Å². The molecule has 3 N–H and O–H groups in total. The fourth-order valence-electron chi connectivity index (χ4n) is 2.27. The van der Waals surface area contributed by atoms with Gasteiger partial charge in [0.15, 0.2) is 16.6 Å². The molecule has 0 bridgehead atoms. The first kappa shape index (κ1) is 17.3. The maximum absolute atomic E-state index is 9.86. The molecule has 0 unspecified atom stereocenters. The number of ether oxygens (including phenoxy) is 2. The van der Waals surface area contributed by atoms with Crippen LogP contribution in [0.3, 0.4) is 0 Å². The normalized spacial score (nSPS) is 12.8. The molecule has 3 rings (SSSR count). The van der Waals surface area contributed by atoms with Crippen LogP contribution in [0.5, 0.6) is 17.2 Å². The van der Waals surface area contributed by atoms with Crippen LogP contribution in [0.1, 0.15) is 18.1 Å². The van der Waals surface area contributed by atoms with E-state index in [0.29, 0.717) is 28.0 Å². The van der Waals surface area contributed by atoms with Gasteiger partial charge in [0.25, 0.3) is 0 Å². The van der Waals surface area contributed by atoms with Crippen LogP contribution in [-0.2, 0) is 6.54 Å². The second-order valence-electron chi connectivity index (χ2n) is 5.34. The van der Waals surface area contributed by atoms with Crippen LogP contribution in [0, 0.1) is 0 Å². The number of phenolic OH excluding ortho intramolecular Hbond substituents is 1. The van der Waals surface area contributed by atoms with E-state index >= 15 is 0 Å². The number of fused-ring (bicyclic) bond motifs is 1. The Bertz CT molecular complexity index is 842. The number of hydrogen-bond donors (Lipinski definition) is 3. The van der Waals surface area contributed by atoms with Gasteiger partial charge in [0.1, 0.15) is 5.75 Å². The van der Waals surface area contributed by atoms with Crippen LogP contribution >= 0.6 is 23.8 Å². The zero-order chi connectivity index (χ0) is 17.8. The van der Waals surface area contributed by atoms with Crippen LogP contribution in [0.4, 0.5) is 0 Å². The minimum atomic E-state index is 0.103. The van der Waals surface area contributed by atoms with Gasteiger partial charge < -0.3 is 19.9 Å². The van der Waals surface area contributed by atoms with Gasteiger partial charge in [-0.15, -0.1) is 0 Å². The van der Waals surface area contributed by atoms with E-state index in [1.54, 1.807) is 19.1 Å². The van der Waals surface area contributed by atoms with Gasteiger partial charge in [-0.25, -0.2) is 0 Å². The number of phenols is 1. The number of nitrogens with zero attached hydrogens (tertiary/aromatic N) is 1. The molecule has 2 aromatic carbocycles. The van der Waals surface area contributed by atoms with Crippen molar-refractivity contribution in [2.45, 2.75) is 13.5 Å². The molecule has 0 amide bonds. The average molecular weight is 378 g/mol. The minimum Gasteiger partial charge on any atom is -0.507 e. The van der Waals surface area contributed by atoms with Crippen LogP contribution in [0.2, 0.25) is 5.02 Å². The SMILES string of the molecule is C/C(=N\NC(=S)NCc1ccc2c(c1)OCO2)c1cc(Cl)ccc1O. The number of thiocarbonyl (C=S) groups is 1. The van der Waals surface area contributed by atoms with Crippen molar-refractivity contribution in [1.29, 1.82) is 0 Å². The molecule has 0 aliphatic carbocycles. The molecule has 0 aromatic heterocycles. The Hall–Kier alpha value is -2.51. The predicted molar refractivity (Wildman–Crippen MR) is 100 cm³/mol. The lowest BCUT2D eigenvalue weighted by Crippen LogP contribution is -2.32. The average Bonchev–Trinajstić information content (AvgIpc) is 3.07. The molecule has 1 aliphatic heterocycles. The van der Waals surface area contributed by atoms with Gasteiger partial charge in [0.2, 0.25) is 6.79 Å². The lowest BCUT2D eigenvalue weighted by atomic mass is 10.1. The van der Waals surface area contributed by atoms with E-state index in [0.717, 1.165) is 17.1 Å². The van der Waals surface area contributed by atoms with Crippen LogP contribution < -0.4 is 20.2 Å². The van der Waals surface area contributed by atoms with Crippen LogP contribution in [0.25, 0.3) is 0 Å². The highest BCUT2D eigenvalue weighted by Gasteiger charge is 2.13. The fraction of sp³-hybridized carbons (Fsp3) is 0.176. The Morgan fingerprint density at radius 3 is 2.88 bits per heavy atom. The molecule has 8 heteroatoms. The molecule has 2 aromatic rings. The van der Waals surface area contributed by atoms with Gasteiger partial charge in [0.05, 0.1) is 5.71 Å². The van der Waals surface area contributed by atoms with Crippen molar-refractivity contribution in [3.05, 3.63) is 52.5 Å². The number of hydrazone groups is 1. The predicted octanol–water partition coefficient (Wildman–Crippen LogP) is 3.16. The summed E-state index contributed by atoms with van der Waals surface area (Å²) in [7, 11) is 0. The number of halogens is 1. The molecular formula is C17H16ClN3O3S. The topological polar surface area (TPSA) is 75.1 Å². The summed E-state index contributed by atoms with van der Waals surface area (Å²) in [6, 6.07) is 10.5. The lowest BCUT2D eigenvalue weighted by molar-refractivity contribution is 0.174. The minimum absolute atomic E-state index is 0.103. The zero-order valence-corrected chi connectivity index (χ0v) is 14.9. The van der Waals surface area contributed by atoms with E-state index < -0.39 is 0 Å². The van der Waals surface area contributed by atoms with Gasteiger partial charge in [-0.05, 0) is 55.0 Å². The molecule has 1 heterocycles. The summed E-state index contributed by atoms with van der Waals surface area (Å²) >= 11 is 11.1. The van der Waals surface area contributed by atoms with E-state index in [1.165, 1.54) is 6.07 Å². The highest BCUT2D eigenvalue weighted by molar-refractivity contribution is 7.80. The molecule has 25 heavy (non-hydrogen) atoms. The van der Waals surface area contributed by atoms with Gasteiger partial charge in [-0.3, -0.25) is 5.43 Å². The number of rotatable bonds is 4. The smallest absolute Gasteiger partial charge is 0.231 e. The van der Waals surface area contributed by atoms with E-state index in [1.807, 2.05) is 18.2 Å². The van der Waals surface area contributed by atoms with Crippen LogP contribution in [-0.4, -0.2) is 22.7 Å². The molecule has 0 fully saturated rings. The second-order valence-corrected chi connectivity index (χ2v) is 6.19.